The quantitative estimate of drug-likeness (QED) is 0.0368. The van der Waals surface area contributed by atoms with Crippen molar-refractivity contribution in [2.45, 2.75) is 247 Å². The van der Waals surface area contributed by atoms with Gasteiger partial charge in [0.25, 0.3) is 0 Å². The molecule has 0 aromatic rings. The first-order chi connectivity index (χ1) is 31.9. The Labute approximate surface area is 415 Å². The fourth-order valence-corrected chi connectivity index (χ4v) is 10.3. The fourth-order valence-electron chi connectivity index (χ4n) is 10.3. The van der Waals surface area contributed by atoms with Crippen LogP contribution in [0.1, 0.15) is 217 Å². The SMILES string of the molecule is C.C.CCCCCCCC1(CC[C@H]2C=CC(=O)[C@@H]2C/C=C\CCCC(=O)OC(C)C)OCCO1.CCCCCCCC1(CC[C@H]2[C@H](CO)C[C@H](O)[C@@H]2CC=CCCCC(=O)OC(C)C)OCCO1. The van der Waals surface area contributed by atoms with Crippen LogP contribution in [0.4, 0.5) is 0 Å². The van der Waals surface area contributed by atoms with Crippen LogP contribution in [0.15, 0.2) is 36.5 Å². The van der Waals surface area contributed by atoms with Gasteiger partial charge in [0, 0.05) is 51.0 Å². The lowest BCUT2D eigenvalue weighted by molar-refractivity contribution is -0.171. The van der Waals surface area contributed by atoms with Gasteiger partial charge in [0.1, 0.15) is 0 Å². The summed E-state index contributed by atoms with van der Waals surface area (Å²) in [5, 5.41) is 20.7. The van der Waals surface area contributed by atoms with Crippen molar-refractivity contribution in [1.82, 2.24) is 0 Å². The second-order valence-electron chi connectivity index (χ2n) is 20.0. The van der Waals surface area contributed by atoms with Crippen molar-refractivity contribution in [2.75, 3.05) is 33.0 Å². The standard InChI is InChI=1S/C28H50O6.C27H44O5.2CH4/c1-4-5-6-9-12-16-28(32-18-19-33-28)17-15-24-23(21-29)20-26(30)25(24)13-10-7-8-11-14-27(31)34-22(2)3;1-4-5-6-9-12-18-27(30-20-21-31-27)19-17-23-15-16-25(28)24(23)13-10-7-8-11-14-26(29)32-22(2)3;;/h7,10,22-26,29-30H,4-6,8-9,11-21H2,1-3H3;7,10,15-16,22-24H,4-6,8-9,11-14,17-21H2,1-3H3;2*1H4/b;10-7-;;/t23-,24-,25+,26-;23-,24-;;/m01../s1. The first-order valence-corrected chi connectivity index (χ1v) is 26.6. The summed E-state index contributed by atoms with van der Waals surface area (Å²) in [6.45, 7) is 14.7. The molecule has 4 aliphatic rings. The third-order valence-corrected chi connectivity index (χ3v) is 13.9. The highest BCUT2D eigenvalue weighted by Gasteiger charge is 2.44. The van der Waals surface area contributed by atoms with E-state index in [1.807, 2.05) is 27.7 Å². The number of esters is 2. The Balaban J connectivity index is 0.000000662. The molecule has 11 heteroatoms. The Bertz CT molecular complexity index is 1410. The van der Waals surface area contributed by atoms with Crippen molar-refractivity contribution < 1.29 is 53.0 Å². The molecule has 0 aromatic heterocycles. The Hall–Kier alpha value is -2.41. The van der Waals surface area contributed by atoms with Gasteiger partial charge in [-0.2, -0.15) is 0 Å². The first kappa shape index (κ1) is 63.6. The molecule has 1 saturated carbocycles. The molecule has 0 unspecified atom stereocenters. The van der Waals surface area contributed by atoms with Crippen LogP contribution in [0, 0.1) is 29.6 Å². The van der Waals surface area contributed by atoms with E-state index in [1.165, 1.54) is 51.4 Å². The highest BCUT2D eigenvalue weighted by atomic mass is 16.7. The molecule has 68 heavy (non-hydrogen) atoms. The minimum absolute atomic E-state index is 0. The van der Waals surface area contributed by atoms with Crippen LogP contribution in [0.3, 0.4) is 0 Å². The zero-order chi connectivity index (χ0) is 48.0. The van der Waals surface area contributed by atoms with Gasteiger partial charge in [-0.25, -0.2) is 0 Å². The number of ether oxygens (including phenoxy) is 6. The monoisotopic (exact) mass is 963 g/mol. The Morgan fingerprint density at radius 3 is 1.60 bits per heavy atom. The number of allylic oxidation sites excluding steroid dienone is 6. The molecule has 396 valence electrons. The van der Waals surface area contributed by atoms with Gasteiger partial charge in [-0.3, -0.25) is 14.4 Å². The molecule has 11 nitrogen and oxygen atoms in total. The molecule has 2 heterocycles. The average molecular weight is 963 g/mol. The van der Waals surface area contributed by atoms with Crippen LogP contribution in [-0.4, -0.2) is 90.9 Å². The molecule has 6 atom stereocenters. The first-order valence-electron chi connectivity index (χ1n) is 26.6. The van der Waals surface area contributed by atoms with Crippen LogP contribution in [0.25, 0.3) is 0 Å². The molecule has 2 N–H and O–H groups in total. The van der Waals surface area contributed by atoms with Crippen molar-refractivity contribution in [3.05, 3.63) is 36.5 Å². The third kappa shape index (κ3) is 24.6. The van der Waals surface area contributed by atoms with Crippen molar-refractivity contribution in [3.63, 3.8) is 0 Å². The number of aliphatic hydroxyl groups excluding tert-OH is 2. The maximum atomic E-state index is 12.4. The summed E-state index contributed by atoms with van der Waals surface area (Å²) in [4.78, 5) is 35.6. The van der Waals surface area contributed by atoms with Crippen molar-refractivity contribution in [2.24, 2.45) is 29.6 Å². The summed E-state index contributed by atoms with van der Waals surface area (Å²) in [5.41, 5.74) is 0. The largest absolute Gasteiger partial charge is 0.463 e. The van der Waals surface area contributed by atoms with Crippen LogP contribution < -0.4 is 0 Å². The predicted molar refractivity (Wildman–Crippen MR) is 275 cm³/mol. The molecule has 0 radical (unpaired) electrons. The second-order valence-corrected chi connectivity index (χ2v) is 20.0. The molecular formula is C57H102O11. The highest BCUT2D eigenvalue weighted by molar-refractivity contribution is 5.94. The lowest BCUT2D eigenvalue weighted by Crippen LogP contribution is -2.32. The summed E-state index contributed by atoms with van der Waals surface area (Å²) in [6, 6.07) is 0. The van der Waals surface area contributed by atoms with E-state index in [0.717, 1.165) is 89.9 Å². The third-order valence-electron chi connectivity index (χ3n) is 13.9. The lowest BCUT2D eigenvalue weighted by Gasteiger charge is -2.31. The number of hydrogen-bond donors (Lipinski definition) is 2. The Kier molecular flexibility index (Phi) is 34.1. The van der Waals surface area contributed by atoms with Gasteiger partial charge in [-0.05, 0) is 128 Å². The van der Waals surface area contributed by atoms with E-state index in [2.05, 4.69) is 44.2 Å². The van der Waals surface area contributed by atoms with Crippen LogP contribution in [-0.2, 0) is 42.8 Å². The number of ketones is 1. The van der Waals surface area contributed by atoms with E-state index in [9.17, 15) is 24.6 Å². The molecular weight excluding hydrogens is 861 g/mol. The van der Waals surface area contributed by atoms with Gasteiger partial charge in [-0.15, -0.1) is 0 Å². The molecule has 2 aliphatic carbocycles. The topological polar surface area (TPSA) is 147 Å². The fraction of sp³-hybridized carbons (Fsp3) is 0.842. The van der Waals surface area contributed by atoms with Gasteiger partial charge >= 0.3 is 11.9 Å². The molecule has 2 aliphatic heterocycles. The maximum Gasteiger partial charge on any atom is 0.306 e. The van der Waals surface area contributed by atoms with Gasteiger partial charge in [0.15, 0.2) is 17.4 Å². The molecule has 0 spiro atoms. The van der Waals surface area contributed by atoms with E-state index in [1.54, 1.807) is 6.08 Å². The Morgan fingerprint density at radius 1 is 0.662 bits per heavy atom. The number of rotatable bonds is 33. The normalized spacial score (nSPS) is 23.9. The smallest absolute Gasteiger partial charge is 0.306 e. The highest BCUT2D eigenvalue weighted by Crippen LogP contribution is 2.45. The van der Waals surface area contributed by atoms with E-state index in [-0.39, 0.29) is 87.1 Å². The van der Waals surface area contributed by atoms with Crippen molar-refractivity contribution in [3.8, 4) is 0 Å². The van der Waals surface area contributed by atoms with Crippen LogP contribution >= 0.6 is 0 Å². The van der Waals surface area contributed by atoms with Crippen molar-refractivity contribution in [1.29, 1.82) is 0 Å². The van der Waals surface area contributed by atoms with E-state index in [4.69, 9.17) is 28.4 Å². The van der Waals surface area contributed by atoms with E-state index in [0.29, 0.717) is 45.7 Å². The van der Waals surface area contributed by atoms with Crippen molar-refractivity contribution >= 4 is 17.7 Å². The lowest BCUT2D eigenvalue weighted by atomic mass is 9.82. The zero-order valence-corrected chi connectivity index (χ0v) is 42.4. The maximum absolute atomic E-state index is 12.4. The molecule has 0 bridgehead atoms. The van der Waals surface area contributed by atoms with Crippen LogP contribution in [0.2, 0.25) is 0 Å². The number of hydrogen-bond acceptors (Lipinski definition) is 11. The van der Waals surface area contributed by atoms with Gasteiger partial charge in [-0.1, -0.05) is 110 Å². The zero-order valence-electron chi connectivity index (χ0n) is 42.4. The predicted octanol–water partition coefficient (Wildman–Crippen LogP) is 13.1. The molecule has 0 amide bonds. The number of carbonyl (C=O) groups excluding carboxylic acids is 3. The molecule has 3 fully saturated rings. The van der Waals surface area contributed by atoms with Crippen LogP contribution in [0.5, 0.6) is 0 Å². The number of carbonyl (C=O) groups is 3. The van der Waals surface area contributed by atoms with Gasteiger partial charge < -0.3 is 38.6 Å². The molecule has 2 saturated heterocycles. The minimum Gasteiger partial charge on any atom is -0.463 e. The number of aliphatic hydroxyl groups is 2. The summed E-state index contributed by atoms with van der Waals surface area (Å²) < 4.78 is 34.6. The second kappa shape index (κ2) is 36.5. The van der Waals surface area contributed by atoms with E-state index >= 15 is 0 Å². The molecule has 0 aromatic carbocycles. The number of unbranched alkanes of at least 4 members (excludes halogenated alkanes) is 10. The average Bonchev–Trinajstić information content (AvgIpc) is 4.09. The van der Waals surface area contributed by atoms with Gasteiger partial charge in [0.05, 0.1) is 44.7 Å². The minimum atomic E-state index is -0.481. The van der Waals surface area contributed by atoms with Gasteiger partial charge in [0.2, 0.25) is 0 Å². The Morgan fingerprint density at radius 2 is 1.13 bits per heavy atom. The van der Waals surface area contributed by atoms with E-state index < -0.39 is 11.6 Å². The molecule has 4 rings (SSSR count). The summed E-state index contributed by atoms with van der Waals surface area (Å²) >= 11 is 0. The summed E-state index contributed by atoms with van der Waals surface area (Å²) in [5.74, 6) is -0.197. The summed E-state index contributed by atoms with van der Waals surface area (Å²) in [7, 11) is 0. The summed E-state index contributed by atoms with van der Waals surface area (Å²) in [6.07, 6.45) is 35.7.